The van der Waals surface area contributed by atoms with Crippen LogP contribution in [0, 0.1) is 17.3 Å². The third-order valence-electron chi connectivity index (χ3n) is 16.0. The molecule has 2 aromatic carbocycles. The van der Waals surface area contributed by atoms with Gasteiger partial charge in [0, 0.05) is 110 Å². The smallest absolute Gasteiger partial charge is 0.344 e. The van der Waals surface area contributed by atoms with Gasteiger partial charge in [0.1, 0.15) is 17.3 Å². The number of carbonyl (C=O) groups is 4. The van der Waals surface area contributed by atoms with E-state index in [1.54, 1.807) is 7.11 Å². The largest absolute Gasteiger partial charge is 0.496 e. The first-order chi connectivity index (χ1) is 29.7. The van der Waals surface area contributed by atoms with Crippen molar-refractivity contribution < 1.29 is 48.0 Å². The molecule has 2 N–H and O–H groups in total. The zero-order valence-corrected chi connectivity index (χ0v) is 37.1. The number of H-pyrrole nitrogens is 1. The number of benzene rings is 2. The van der Waals surface area contributed by atoms with Crippen molar-refractivity contribution in [2.24, 2.45) is 17.3 Å². The first-order valence-corrected chi connectivity index (χ1v) is 22.1. The summed E-state index contributed by atoms with van der Waals surface area (Å²) in [6, 6.07) is 10.8. The van der Waals surface area contributed by atoms with Gasteiger partial charge in [0.25, 0.3) is 0 Å². The van der Waals surface area contributed by atoms with Gasteiger partial charge in [-0.3, -0.25) is 19.3 Å². The number of carbonyl (C=O) groups excluding carboxylic acids is 4. The average molecular weight is 853 g/mol. The number of hydrogen-bond acceptors (Lipinski definition) is 13. The summed E-state index contributed by atoms with van der Waals surface area (Å²) in [5.74, 6) is -2.20. The summed E-state index contributed by atoms with van der Waals surface area (Å²) in [7, 11) is 6.10. The van der Waals surface area contributed by atoms with Crippen molar-refractivity contribution in [3.63, 3.8) is 0 Å². The van der Waals surface area contributed by atoms with Crippen molar-refractivity contribution in [2.75, 3.05) is 66.0 Å². The highest BCUT2D eigenvalue weighted by molar-refractivity contribution is 5.95. The van der Waals surface area contributed by atoms with E-state index < -0.39 is 58.0 Å². The van der Waals surface area contributed by atoms with Gasteiger partial charge >= 0.3 is 23.9 Å². The highest BCUT2D eigenvalue weighted by atomic mass is 16.6. The van der Waals surface area contributed by atoms with Crippen molar-refractivity contribution in [3.8, 4) is 5.75 Å². The molecule has 0 amide bonds. The van der Waals surface area contributed by atoms with Crippen LogP contribution >= 0.6 is 0 Å². The van der Waals surface area contributed by atoms with Gasteiger partial charge in [-0.25, -0.2) is 4.79 Å². The van der Waals surface area contributed by atoms with E-state index in [9.17, 15) is 19.5 Å². The molecule has 1 saturated carbocycles. The van der Waals surface area contributed by atoms with Gasteiger partial charge in [-0.05, 0) is 61.9 Å². The number of hydrogen-bond donors (Lipinski definition) is 2. The molecule has 1 spiro atoms. The molecule has 11 atom stereocenters. The lowest BCUT2D eigenvalue weighted by Gasteiger charge is -2.63. The number of piperidine rings is 1. The van der Waals surface area contributed by atoms with Crippen LogP contribution in [-0.4, -0.2) is 135 Å². The third kappa shape index (κ3) is 5.57. The Morgan fingerprint density at radius 2 is 1.66 bits per heavy atom. The Morgan fingerprint density at radius 1 is 0.919 bits per heavy atom. The maximum absolute atomic E-state index is 15.5. The van der Waals surface area contributed by atoms with E-state index in [2.05, 4.69) is 33.8 Å². The first-order valence-electron chi connectivity index (χ1n) is 22.1. The van der Waals surface area contributed by atoms with Crippen LogP contribution in [0.15, 0.2) is 48.6 Å². The molecule has 9 rings (SSSR count). The van der Waals surface area contributed by atoms with E-state index in [1.807, 2.05) is 55.3 Å². The van der Waals surface area contributed by atoms with Crippen molar-refractivity contribution in [1.82, 2.24) is 14.8 Å². The molecule has 14 heteroatoms. The van der Waals surface area contributed by atoms with Crippen LogP contribution in [0.25, 0.3) is 10.9 Å². The highest BCUT2D eigenvalue weighted by Crippen LogP contribution is 2.68. The minimum Gasteiger partial charge on any atom is -0.496 e. The SMILES string of the molecule is CC[C@H]1CN2CCc3c([nH]c4ccccc34)[C@@](C(=O)OC)(c3cc4c(cc3OC)N(C)[C@H]3[C@@](O)(C(=O)OC)[C@H](OC(C)=O)[C@]5(CC)C=CCN6CC[C@]43[C@@H]65)C[C@@H](C2)[C@@H]1OC(C)=O. The molecule has 1 unspecified atom stereocenters. The van der Waals surface area contributed by atoms with Crippen LogP contribution in [0.4, 0.5) is 5.69 Å². The normalized spacial score (nSPS) is 35.6. The minimum absolute atomic E-state index is 0.0331. The molecule has 6 heterocycles. The molecule has 62 heavy (non-hydrogen) atoms. The molecule has 332 valence electrons. The van der Waals surface area contributed by atoms with Crippen LogP contribution in [0.1, 0.15) is 75.8 Å². The molecule has 6 aliphatic rings. The number of aliphatic hydroxyl groups is 1. The predicted octanol–water partition coefficient (Wildman–Crippen LogP) is 4.42. The zero-order valence-electron chi connectivity index (χ0n) is 37.1. The maximum Gasteiger partial charge on any atom is 0.344 e. The first kappa shape index (κ1) is 42.4. The van der Waals surface area contributed by atoms with E-state index in [-0.39, 0.29) is 30.3 Å². The van der Waals surface area contributed by atoms with Gasteiger partial charge in [0.05, 0.1) is 27.4 Å². The summed E-state index contributed by atoms with van der Waals surface area (Å²) in [4.78, 5) is 66.4. The van der Waals surface area contributed by atoms with Crippen LogP contribution in [-0.2, 0) is 55.4 Å². The number of nitrogens with zero attached hydrogens (tertiary/aromatic N) is 3. The lowest BCUT2D eigenvalue weighted by Crippen LogP contribution is -2.81. The van der Waals surface area contributed by atoms with Crippen molar-refractivity contribution >= 4 is 40.5 Å². The molecule has 2 bridgehead atoms. The van der Waals surface area contributed by atoms with E-state index in [1.165, 1.54) is 28.1 Å². The molecule has 14 nitrogen and oxygen atoms in total. The fourth-order valence-electron chi connectivity index (χ4n) is 13.8. The molecule has 3 fully saturated rings. The van der Waals surface area contributed by atoms with Crippen LogP contribution in [0.2, 0.25) is 0 Å². The Balaban J connectivity index is 1.37. The van der Waals surface area contributed by atoms with Gasteiger partial charge in [-0.1, -0.05) is 44.2 Å². The number of esters is 4. The van der Waals surface area contributed by atoms with Crippen molar-refractivity contribution in [3.05, 3.63) is 70.9 Å². The van der Waals surface area contributed by atoms with E-state index >= 15 is 4.79 Å². The number of ether oxygens (including phenoxy) is 5. The molecule has 1 aromatic heterocycles. The summed E-state index contributed by atoms with van der Waals surface area (Å²) < 4.78 is 30.3. The second-order valence-electron chi connectivity index (χ2n) is 18.6. The van der Waals surface area contributed by atoms with Gasteiger partial charge in [0.2, 0.25) is 5.60 Å². The summed E-state index contributed by atoms with van der Waals surface area (Å²) in [5, 5.41) is 14.4. The maximum atomic E-state index is 15.5. The predicted molar refractivity (Wildman–Crippen MR) is 230 cm³/mol. The summed E-state index contributed by atoms with van der Waals surface area (Å²) in [5.41, 5.74) is -1.08. The molecule has 1 aliphatic carbocycles. The Hall–Kier alpha value is -4.92. The highest BCUT2D eigenvalue weighted by Gasteiger charge is 2.80. The summed E-state index contributed by atoms with van der Waals surface area (Å²) >= 11 is 0. The van der Waals surface area contributed by atoms with E-state index in [0.29, 0.717) is 55.9 Å². The van der Waals surface area contributed by atoms with E-state index in [4.69, 9.17) is 23.7 Å². The standard InChI is InChI=1S/C48H60N4O10/c1-9-29-25-51-20-16-32-31-14-11-12-15-35(31)49-39(32)47(43(55)59-7,24-30(26-51)38(29)61-27(3)53)34-22-33-36(23-37(34)58-6)50(5)41-46(33)18-21-52-19-13-17-45(10-2,40(46)52)42(62-28(4)54)48(41,57)44(56)60-8/h11-15,17,22-23,29-30,38,40-42,49,57H,9-10,16,18-21,24-26H2,1-8H3/t29-,30-,38+,40-,41+,42+,45+,46+,47-,48-/m0/s1. The molecule has 5 aliphatic heterocycles. The average Bonchev–Trinajstić information content (AvgIpc) is 3.93. The Morgan fingerprint density at radius 3 is 2.34 bits per heavy atom. The van der Waals surface area contributed by atoms with Crippen molar-refractivity contribution in [1.29, 1.82) is 0 Å². The lowest BCUT2D eigenvalue weighted by molar-refractivity contribution is -0.228. The Kier molecular flexibility index (Phi) is 10.3. The number of aromatic nitrogens is 1. The Labute approximate surface area is 362 Å². The van der Waals surface area contributed by atoms with Gasteiger partial charge < -0.3 is 43.6 Å². The van der Waals surface area contributed by atoms with Gasteiger partial charge in [-0.2, -0.15) is 0 Å². The molecular weight excluding hydrogens is 793 g/mol. The number of fused-ring (bicyclic) bond motifs is 6. The molecule has 3 aromatic rings. The van der Waals surface area contributed by atoms with Gasteiger partial charge in [-0.15, -0.1) is 0 Å². The van der Waals surface area contributed by atoms with E-state index in [0.717, 1.165) is 47.2 Å². The number of methoxy groups -OCH3 is 3. The Bertz CT molecular complexity index is 2360. The summed E-state index contributed by atoms with van der Waals surface area (Å²) in [6.07, 6.45) is 4.98. The molecule has 2 saturated heterocycles. The van der Waals surface area contributed by atoms with Crippen LogP contribution in [0.3, 0.4) is 0 Å². The minimum atomic E-state index is -2.33. The second-order valence-corrected chi connectivity index (χ2v) is 18.6. The lowest BCUT2D eigenvalue weighted by atomic mass is 9.47. The number of anilines is 1. The monoisotopic (exact) mass is 852 g/mol. The summed E-state index contributed by atoms with van der Waals surface area (Å²) in [6.45, 7) is 10.2. The zero-order chi connectivity index (χ0) is 44.1. The van der Waals surface area contributed by atoms with Gasteiger partial charge in [0.15, 0.2) is 6.10 Å². The quantitative estimate of drug-likeness (QED) is 0.187. The number of rotatable bonds is 8. The molecule has 0 radical (unpaired) electrons. The van der Waals surface area contributed by atoms with Crippen LogP contribution < -0.4 is 9.64 Å². The number of likely N-dealkylation sites (N-methyl/N-ethyl adjacent to an activating group) is 1. The number of para-hydroxylation sites is 1. The number of nitrogens with one attached hydrogen (secondary N) is 1. The number of aromatic amines is 1. The fraction of sp³-hybridized carbons (Fsp3) is 0.583. The van der Waals surface area contributed by atoms with Crippen molar-refractivity contribution in [2.45, 2.75) is 101 Å². The molecular formula is C48H60N4O10. The second kappa shape index (κ2) is 15.1. The van der Waals surface area contributed by atoms with Crippen LogP contribution in [0.5, 0.6) is 5.75 Å². The third-order valence-corrected chi connectivity index (χ3v) is 16.0. The fourth-order valence-corrected chi connectivity index (χ4v) is 13.8. The topological polar surface area (TPSA) is 160 Å².